The molecule has 0 saturated carbocycles. The molecule has 1 aliphatic rings. The first-order valence-electron chi connectivity index (χ1n) is 8.95. The van der Waals surface area contributed by atoms with E-state index in [1.54, 1.807) is 12.1 Å². The van der Waals surface area contributed by atoms with Crippen LogP contribution >= 0.6 is 0 Å². The lowest BCUT2D eigenvalue weighted by Gasteiger charge is -2.34. The molecule has 0 spiro atoms. The lowest BCUT2D eigenvalue weighted by molar-refractivity contribution is 0.0607. The summed E-state index contributed by atoms with van der Waals surface area (Å²) in [6, 6.07) is 9.17. The van der Waals surface area contributed by atoms with E-state index in [1.165, 1.54) is 11.8 Å². The summed E-state index contributed by atoms with van der Waals surface area (Å²) >= 11 is 0. The number of rotatable bonds is 5. The number of benzene rings is 1. The number of nitrogens with zero attached hydrogens (tertiary/aromatic N) is 2. The highest BCUT2D eigenvalue weighted by Crippen LogP contribution is 2.10. The first kappa shape index (κ1) is 18.2. The average molecular weight is 355 g/mol. The zero-order valence-electron chi connectivity index (χ0n) is 15.3. The van der Waals surface area contributed by atoms with Crippen LogP contribution in [0.25, 0.3) is 0 Å². The molecule has 2 aromatic rings. The summed E-state index contributed by atoms with van der Waals surface area (Å²) in [5, 5.41) is 2.97. The van der Waals surface area contributed by atoms with Crippen LogP contribution in [0.4, 0.5) is 0 Å². The molecule has 0 atom stereocenters. The predicted molar refractivity (Wildman–Crippen MR) is 99.3 cm³/mol. The first-order chi connectivity index (χ1) is 12.5. The minimum Gasteiger partial charge on any atom is -0.459 e. The Balaban J connectivity index is 1.40. The number of amides is 2. The lowest BCUT2D eigenvalue weighted by Crippen LogP contribution is -2.50. The monoisotopic (exact) mass is 355 g/mol. The smallest absolute Gasteiger partial charge is 0.289 e. The van der Waals surface area contributed by atoms with Crippen molar-refractivity contribution in [3.8, 4) is 0 Å². The highest BCUT2D eigenvalue weighted by atomic mass is 16.3. The maximum absolute atomic E-state index is 12.2. The molecule has 0 bridgehead atoms. The van der Waals surface area contributed by atoms with E-state index in [1.807, 2.05) is 36.9 Å². The normalized spacial score (nSPS) is 15.1. The van der Waals surface area contributed by atoms with Crippen molar-refractivity contribution in [3.05, 3.63) is 59.0 Å². The number of furan rings is 1. The molecule has 1 N–H and O–H groups in total. The van der Waals surface area contributed by atoms with Gasteiger partial charge in [0.15, 0.2) is 5.76 Å². The molecule has 6 heteroatoms. The summed E-state index contributed by atoms with van der Waals surface area (Å²) in [4.78, 5) is 28.5. The molecule has 3 rings (SSSR count). The third kappa shape index (κ3) is 4.32. The van der Waals surface area contributed by atoms with Crippen molar-refractivity contribution in [3.63, 3.8) is 0 Å². The van der Waals surface area contributed by atoms with E-state index in [2.05, 4.69) is 10.2 Å². The number of hydrogen-bond acceptors (Lipinski definition) is 4. The summed E-state index contributed by atoms with van der Waals surface area (Å²) in [6.07, 6.45) is 1.52. The zero-order valence-corrected chi connectivity index (χ0v) is 15.3. The van der Waals surface area contributed by atoms with E-state index < -0.39 is 0 Å². The van der Waals surface area contributed by atoms with Crippen molar-refractivity contribution in [1.29, 1.82) is 0 Å². The number of nitrogens with one attached hydrogen (secondary N) is 1. The van der Waals surface area contributed by atoms with Crippen LogP contribution in [0.5, 0.6) is 0 Å². The maximum Gasteiger partial charge on any atom is 0.289 e. The van der Waals surface area contributed by atoms with Gasteiger partial charge in [0.1, 0.15) is 0 Å². The molecule has 2 heterocycles. The molecule has 0 radical (unpaired) electrons. The molecule has 1 fully saturated rings. The molecule has 26 heavy (non-hydrogen) atoms. The molecule has 6 nitrogen and oxygen atoms in total. The Morgan fingerprint density at radius 1 is 1.08 bits per heavy atom. The van der Waals surface area contributed by atoms with Gasteiger partial charge >= 0.3 is 0 Å². The molecule has 1 aliphatic heterocycles. The zero-order chi connectivity index (χ0) is 18.5. The minimum absolute atomic E-state index is 0.0419. The molecule has 0 aliphatic carbocycles. The Morgan fingerprint density at radius 3 is 2.50 bits per heavy atom. The fourth-order valence-corrected chi connectivity index (χ4v) is 3.04. The summed E-state index contributed by atoms with van der Waals surface area (Å²) in [5.74, 6) is 0.288. The Labute approximate surface area is 153 Å². The quantitative estimate of drug-likeness (QED) is 0.892. The van der Waals surface area contributed by atoms with Gasteiger partial charge in [-0.3, -0.25) is 14.5 Å². The van der Waals surface area contributed by atoms with Crippen molar-refractivity contribution < 1.29 is 14.0 Å². The fraction of sp³-hybridized carbons (Fsp3) is 0.400. The lowest BCUT2D eigenvalue weighted by atomic mass is 10.1. The number of piperazine rings is 1. The number of hydrogen-bond donors (Lipinski definition) is 1. The number of carbonyl (C=O) groups is 2. The Bertz CT molecular complexity index is 763. The Morgan fingerprint density at radius 2 is 1.85 bits per heavy atom. The molecule has 1 aromatic carbocycles. The number of carbonyl (C=O) groups excluding carboxylic acids is 2. The van der Waals surface area contributed by atoms with Crippen LogP contribution in [0, 0.1) is 13.8 Å². The van der Waals surface area contributed by atoms with E-state index in [0.717, 1.165) is 25.2 Å². The molecule has 138 valence electrons. The highest BCUT2D eigenvalue weighted by molar-refractivity contribution is 5.94. The van der Waals surface area contributed by atoms with Gasteiger partial charge in [0, 0.05) is 44.8 Å². The van der Waals surface area contributed by atoms with Crippen LogP contribution in [0.3, 0.4) is 0 Å². The molecule has 2 amide bonds. The van der Waals surface area contributed by atoms with Crippen LogP contribution in [0.2, 0.25) is 0 Å². The topological polar surface area (TPSA) is 65.8 Å². The van der Waals surface area contributed by atoms with Gasteiger partial charge in [-0.05, 0) is 49.2 Å². The Hall–Kier alpha value is -2.60. The fourth-order valence-electron chi connectivity index (χ4n) is 3.04. The molecular formula is C20H25N3O3. The standard InChI is InChI=1S/C20H25N3O3/c1-15-5-6-17(14-16(15)2)19(24)21-7-8-22-9-11-23(12-10-22)20(25)18-4-3-13-26-18/h3-6,13-14H,7-12H2,1-2H3,(H,21,24). The second kappa shape index (κ2) is 8.19. The third-order valence-electron chi connectivity index (χ3n) is 4.87. The van der Waals surface area contributed by atoms with Gasteiger partial charge in [0.05, 0.1) is 6.26 Å². The van der Waals surface area contributed by atoms with Crippen LogP contribution in [0.15, 0.2) is 41.0 Å². The van der Waals surface area contributed by atoms with E-state index in [-0.39, 0.29) is 11.8 Å². The van der Waals surface area contributed by atoms with Crippen LogP contribution < -0.4 is 5.32 Å². The Kier molecular flexibility index (Phi) is 5.73. The van der Waals surface area contributed by atoms with E-state index in [0.29, 0.717) is 31.0 Å². The van der Waals surface area contributed by atoms with Gasteiger partial charge in [0.25, 0.3) is 11.8 Å². The summed E-state index contributed by atoms with van der Waals surface area (Å²) in [5.41, 5.74) is 3.00. The van der Waals surface area contributed by atoms with Gasteiger partial charge in [-0.15, -0.1) is 0 Å². The van der Waals surface area contributed by atoms with E-state index >= 15 is 0 Å². The van der Waals surface area contributed by atoms with Crippen molar-refractivity contribution in [1.82, 2.24) is 15.1 Å². The second-order valence-corrected chi connectivity index (χ2v) is 6.67. The molecule has 1 saturated heterocycles. The van der Waals surface area contributed by atoms with Crippen LogP contribution in [0.1, 0.15) is 32.0 Å². The van der Waals surface area contributed by atoms with Crippen molar-refractivity contribution in [2.45, 2.75) is 13.8 Å². The first-order valence-corrected chi connectivity index (χ1v) is 8.95. The predicted octanol–water partition coefficient (Wildman–Crippen LogP) is 2.08. The van der Waals surface area contributed by atoms with Gasteiger partial charge < -0.3 is 14.6 Å². The van der Waals surface area contributed by atoms with Crippen molar-refractivity contribution >= 4 is 11.8 Å². The molecular weight excluding hydrogens is 330 g/mol. The van der Waals surface area contributed by atoms with Gasteiger partial charge in [-0.25, -0.2) is 0 Å². The molecule has 0 unspecified atom stereocenters. The number of aryl methyl sites for hydroxylation is 2. The second-order valence-electron chi connectivity index (χ2n) is 6.67. The SMILES string of the molecule is Cc1ccc(C(=O)NCCN2CCN(C(=O)c3ccco3)CC2)cc1C. The summed E-state index contributed by atoms with van der Waals surface area (Å²) < 4.78 is 5.17. The van der Waals surface area contributed by atoms with Crippen LogP contribution in [-0.2, 0) is 0 Å². The van der Waals surface area contributed by atoms with Gasteiger partial charge in [-0.2, -0.15) is 0 Å². The minimum atomic E-state index is -0.0577. The molecule has 1 aromatic heterocycles. The maximum atomic E-state index is 12.2. The third-order valence-corrected chi connectivity index (χ3v) is 4.87. The summed E-state index contributed by atoms with van der Waals surface area (Å²) in [7, 11) is 0. The average Bonchev–Trinajstić information content (AvgIpc) is 3.18. The summed E-state index contributed by atoms with van der Waals surface area (Å²) in [6.45, 7) is 8.35. The van der Waals surface area contributed by atoms with Gasteiger partial charge in [0.2, 0.25) is 0 Å². The highest BCUT2D eigenvalue weighted by Gasteiger charge is 2.23. The van der Waals surface area contributed by atoms with Gasteiger partial charge in [-0.1, -0.05) is 6.07 Å². The van der Waals surface area contributed by atoms with E-state index in [9.17, 15) is 9.59 Å². The largest absolute Gasteiger partial charge is 0.459 e. The van der Waals surface area contributed by atoms with Crippen LogP contribution in [-0.4, -0.2) is 60.9 Å². The van der Waals surface area contributed by atoms with Crippen molar-refractivity contribution in [2.75, 3.05) is 39.3 Å². The van der Waals surface area contributed by atoms with E-state index in [4.69, 9.17) is 4.42 Å². The van der Waals surface area contributed by atoms with Crippen molar-refractivity contribution in [2.24, 2.45) is 0 Å².